The van der Waals surface area contributed by atoms with Gasteiger partial charge in [0.05, 0.1) is 5.56 Å². The number of benzene rings is 2. The molecule has 0 spiro atoms. The van der Waals surface area contributed by atoms with Crippen molar-refractivity contribution in [3.05, 3.63) is 58.9 Å². The Morgan fingerprint density at radius 2 is 1.81 bits per heavy atom. The second kappa shape index (κ2) is 8.63. The number of nitrogens with zero attached hydrogens (tertiary/aromatic N) is 1. The van der Waals surface area contributed by atoms with Crippen LogP contribution < -0.4 is 11.1 Å². The number of hydrogen-bond acceptors (Lipinski definition) is 3. The number of piperidine rings is 1. The minimum absolute atomic E-state index is 0.0601. The largest absolute Gasteiger partial charge is 0.352 e. The summed E-state index contributed by atoms with van der Waals surface area (Å²) in [6.07, 6.45) is 1.17. The van der Waals surface area contributed by atoms with Gasteiger partial charge >= 0.3 is 6.03 Å². The Balaban J connectivity index is 1.76. The number of nitrogens with two attached hydrogens (primary N) is 1. The summed E-state index contributed by atoms with van der Waals surface area (Å²) < 4.78 is 14.5. The van der Waals surface area contributed by atoms with Crippen LogP contribution in [0, 0.1) is 5.82 Å². The van der Waals surface area contributed by atoms with Gasteiger partial charge < -0.3 is 16.0 Å². The number of halogens is 2. The maximum atomic E-state index is 14.5. The van der Waals surface area contributed by atoms with Crippen molar-refractivity contribution in [1.29, 1.82) is 0 Å². The van der Waals surface area contributed by atoms with Gasteiger partial charge in [-0.05, 0) is 49.2 Å². The first-order valence-electron chi connectivity index (χ1n) is 8.51. The van der Waals surface area contributed by atoms with E-state index in [1.165, 1.54) is 17.8 Å². The summed E-state index contributed by atoms with van der Waals surface area (Å²) in [5, 5.41) is 3.27. The molecule has 142 valence electrons. The predicted octanol–water partition coefficient (Wildman–Crippen LogP) is 3.90. The average molecular weight is 408 g/mol. The molecule has 1 aliphatic heterocycles. The lowest BCUT2D eigenvalue weighted by Crippen LogP contribution is -2.48. The monoisotopic (exact) mass is 407 g/mol. The topological polar surface area (TPSA) is 75.4 Å². The second-order valence-corrected chi connectivity index (χ2v) is 7.80. The fraction of sp³-hybridized carbons (Fsp3) is 0.263. The Morgan fingerprint density at radius 1 is 1.15 bits per heavy atom. The molecule has 5 nitrogen and oxygen atoms in total. The predicted molar refractivity (Wildman–Crippen MR) is 104 cm³/mol. The molecule has 0 bridgehead atoms. The van der Waals surface area contributed by atoms with E-state index in [-0.39, 0.29) is 17.5 Å². The molecule has 1 heterocycles. The number of nitrogens with one attached hydrogen (secondary N) is 1. The highest BCUT2D eigenvalue weighted by Crippen LogP contribution is 2.33. The van der Waals surface area contributed by atoms with E-state index >= 15 is 0 Å². The maximum absolute atomic E-state index is 14.5. The van der Waals surface area contributed by atoms with E-state index in [9.17, 15) is 14.0 Å². The van der Waals surface area contributed by atoms with Crippen LogP contribution in [0.1, 0.15) is 23.2 Å². The van der Waals surface area contributed by atoms with E-state index < -0.39 is 11.8 Å². The average Bonchev–Trinajstić information content (AvgIpc) is 2.63. The molecular formula is C19H19ClFN3O2S. The molecule has 2 aromatic rings. The SMILES string of the molecule is NC(=O)NC1CCN(C(=O)c2c(F)cccc2Sc2ccc(Cl)cc2)CC1. The van der Waals surface area contributed by atoms with Gasteiger partial charge in [0.25, 0.3) is 5.91 Å². The molecule has 2 aromatic carbocycles. The first-order valence-corrected chi connectivity index (χ1v) is 9.70. The summed E-state index contributed by atoms with van der Waals surface area (Å²) in [6, 6.07) is 11.1. The van der Waals surface area contributed by atoms with Crippen molar-refractivity contribution < 1.29 is 14.0 Å². The first kappa shape index (κ1) is 19.5. The first-order chi connectivity index (χ1) is 12.9. The van der Waals surface area contributed by atoms with Crippen LogP contribution >= 0.6 is 23.4 Å². The normalized spacial score (nSPS) is 14.8. The van der Waals surface area contributed by atoms with E-state index in [4.69, 9.17) is 17.3 Å². The van der Waals surface area contributed by atoms with Crippen molar-refractivity contribution in [2.24, 2.45) is 5.73 Å². The number of primary amides is 1. The third-order valence-corrected chi connectivity index (χ3v) is 5.68. The molecule has 0 aromatic heterocycles. The molecule has 1 fully saturated rings. The molecule has 3 rings (SSSR count). The molecule has 27 heavy (non-hydrogen) atoms. The van der Waals surface area contributed by atoms with E-state index in [1.54, 1.807) is 29.2 Å². The van der Waals surface area contributed by atoms with Crippen LogP contribution in [-0.4, -0.2) is 36.0 Å². The molecule has 0 aliphatic carbocycles. The van der Waals surface area contributed by atoms with Gasteiger partial charge in [-0.1, -0.05) is 29.4 Å². The highest BCUT2D eigenvalue weighted by molar-refractivity contribution is 7.99. The number of rotatable bonds is 4. The third kappa shape index (κ3) is 4.93. The van der Waals surface area contributed by atoms with Crippen molar-refractivity contribution in [1.82, 2.24) is 10.2 Å². The Hall–Kier alpha value is -2.25. The third-order valence-electron chi connectivity index (χ3n) is 4.36. The molecule has 0 atom stereocenters. The molecule has 0 saturated carbocycles. The van der Waals surface area contributed by atoms with Crippen LogP contribution in [-0.2, 0) is 0 Å². The minimum atomic E-state index is -0.574. The summed E-state index contributed by atoms with van der Waals surface area (Å²) in [5.41, 5.74) is 5.21. The van der Waals surface area contributed by atoms with Gasteiger partial charge in [-0.3, -0.25) is 4.79 Å². The molecule has 0 radical (unpaired) electrons. The summed E-state index contributed by atoms with van der Waals surface area (Å²) in [4.78, 5) is 26.9. The van der Waals surface area contributed by atoms with Crippen LogP contribution in [0.15, 0.2) is 52.3 Å². The van der Waals surface area contributed by atoms with Crippen molar-refractivity contribution in [3.8, 4) is 0 Å². The zero-order chi connectivity index (χ0) is 19.4. The minimum Gasteiger partial charge on any atom is -0.352 e. The lowest BCUT2D eigenvalue weighted by molar-refractivity contribution is 0.0700. The standard InChI is InChI=1S/C19H19ClFN3O2S/c20-12-4-6-14(7-5-12)27-16-3-1-2-15(21)17(16)18(25)24-10-8-13(9-11-24)23-19(22)26/h1-7,13H,8-11H2,(H3,22,23,26). The maximum Gasteiger partial charge on any atom is 0.312 e. The van der Waals surface area contributed by atoms with Crippen molar-refractivity contribution in [3.63, 3.8) is 0 Å². The number of urea groups is 1. The Bertz CT molecular complexity index is 839. The van der Waals surface area contributed by atoms with Crippen molar-refractivity contribution in [2.75, 3.05) is 13.1 Å². The lowest BCUT2D eigenvalue weighted by atomic mass is 10.0. The van der Waals surface area contributed by atoms with Crippen molar-refractivity contribution in [2.45, 2.75) is 28.7 Å². The molecular weight excluding hydrogens is 389 g/mol. The fourth-order valence-corrected chi connectivity index (χ4v) is 4.10. The van der Waals surface area contributed by atoms with Crippen LogP contribution in [0.3, 0.4) is 0 Å². The van der Waals surface area contributed by atoms with E-state index in [1.807, 2.05) is 12.1 Å². The number of likely N-dealkylation sites (tertiary alicyclic amines) is 1. The van der Waals surface area contributed by atoms with E-state index in [0.717, 1.165) is 4.90 Å². The summed E-state index contributed by atoms with van der Waals surface area (Å²) >= 11 is 7.22. The molecule has 8 heteroatoms. The Morgan fingerprint density at radius 3 is 2.44 bits per heavy atom. The van der Waals surface area contributed by atoms with Crippen LogP contribution in [0.2, 0.25) is 5.02 Å². The van der Waals surface area contributed by atoms with Gasteiger partial charge in [0, 0.05) is 33.9 Å². The summed E-state index contributed by atoms with van der Waals surface area (Å²) in [5.74, 6) is -0.890. The summed E-state index contributed by atoms with van der Waals surface area (Å²) in [7, 11) is 0. The quantitative estimate of drug-likeness (QED) is 0.806. The smallest absolute Gasteiger partial charge is 0.312 e. The van der Waals surface area contributed by atoms with Gasteiger partial charge in [-0.2, -0.15) is 0 Å². The highest BCUT2D eigenvalue weighted by atomic mass is 35.5. The van der Waals surface area contributed by atoms with Crippen LogP contribution in [0.25, 0.3) is 0 Å². The van der Waals surface area contributed by atoms with E-state index in [0.29, 0.717) is 35.8 Å². The van der Waals surface area contributed by atoms with E-state index in [2.05, 4.69) is 5.32 Å². The molecule has 1 saturated heterocycles. The van der Waals surface area contributed by atoms with Gasteiger partial charge in [0.1, 0.15) is 5.82 Å². The summed E-state index contributed by atoms with van der Waals surface area (Å²) in [6.45, 7) is 0.867. The van der Waals surface area contributed by atoms with Crippen LogP contribution in [0.5, 0.6) is 0 Å². The Kier molecular flexibility index (Phi) is 6.23. The number of amides is 3. The molecule has 0 unspecified atom stereocenters. The van der Waals surface area contributed by atoms with Crippen molar-refractivity contribution >= 4 is 35.3 Å². The Labute approximate surface area is 166 Å². The van der Waals surface area contributed by atoms with Gasteiger partial charge in [-0.15, -0.1) is 0 Å². The highest BCUT2D eigenvalue weighted by Gasteiger charge is 2.27. The molecule has 3 N–H and O–H groups in total. The number of carbonyl (C=O) groups is 2. The van der Waals surface area contributed by atoms with Gasteiger partial charge in [0.2, 0.25) is 0 Å². The lowest BCUT2D eigenvalue weighted by Gasteiger charge is -2.32. The zero-order valence-electron chi connectivity index (χ0n) is 14.5. The number of carbonyl (C=O) groups excluding carboxylic acids is 2. The zero-order valence-corrected chi connectivity index (χ0v) is 16.0. The van der Waals surface area contributed by atoms with Crippen LogP contribution in [0.4, 0.5) is 9.18 Å². The number of hydrogen-bond donors (Lipinski definition) is 2. The van der Waals surface area contributed by atoms with Gasteiger partial charge in [-0.25, -0.2) is 9.18 Å². The fourth-order valence-electron chi connectivity index (χ4n) is 3.01. The molecule has 3 amide bonds. The van der Waals surface area contributed by atoms with Gasteiger partial charge in [0.15, 0.2) is 0 Å². The molecule has 1 aliphatic rings. The second-order valence-electron chi connectivity index (χ2n) is 6.24.